The number of aryl methyl sites for hydroxylation is 1. The number of amides is 1. The highest BCUT2D eigenvalue weighted by atomic mass is 16.1. The quantitative estimate of drug-likeness (QED) is 0.727. The number of carbonyl (C=O) groups excluding carboxylic acids is 1. The first-order valence-electron chi connectivity index (χ1n) is 5.23. The SMILES string of the molecule is O=C(NCCCn1cncn1)c1cnccn1. The van der Waals surface area contributed by atoms with Gasteiger partial charge in [0.1, 0.15) is 18.3 Å². The number of aromatic nitrogens is 5. The van der Waals surface area contributed by atoms with Gasteiger partial charge in [-0.3, -0.25) is 14.5 Å². The third-order valence-electron chi connectivity index (χ3n) is 2.11. The summed E-state index contributed by atoms with van der Waals surface area (Å²) in [7, 11) is 0. The van der Waals surface area contributed by atoms with Crippen LogP contribution in [-0.4, -0.2) is 37.2 Å². The molecule has 7 nitrogen and oxygen atoms in total. The van der Waals surface area contributed by atoms with Crippen LogP contribution in [-0.2, 0) is 6.54 Å². The molecule has 0 radical (unpaired) electrons. The molecule has 0 atom stereocenters. The Morgan fingerprint density at radius 1 is 1.35 bits per heavy atom. The van der Waals surface area contributed by atoms with E-state index in [2.05, 4.69) is 25.4 Å². The van der Waals surface area contributed by atoms with E-state index in [1.54, 1.807) is 11.0 Å². The molecule has 2 rings (SSSR count). The highest BCUT2D eigenvalue weighted by Gasteiger charge is 2.05. The van der Waals surface area contributed by atoms with Gasteiger partial charge in [0, 0.05) is 25.5 Å². The third kappa shape index (κ3) is 3.33. The second kappa shape index (κ2) is 5.69. The smallest absolute Gasteiger partial charge is 0.271 e. The average molecular weight is 232 g/mol. The lowest BCUT2D eigenvalue weighted by molar-refractivity contribution is 0.0947. The van der Waals surface area contributed by atoms with E-state index < -0.39 is 0 Å². The first kappa shape index (κ1) is 11.2. The van der Waals surface area contributed by atoms with Gasteiger partial charge in [0.25, 0.3) is 5.91 Å². The second-order valence-corrected chi connectivity index (χ2v) is 3.36. The molecule has 88 valence electrons. The summed E-state index contributed by atoms with van der Waals surface area (Å²) in [6.07, 6.45) is 8.37. The van der Waals surface area contributed by atoms with Gasteiger partial charge in [-0.25, -0.2) is 9.97 Å². The summed E-state index contributed by atoms with van der Waals surface area (Å²) in [6.45, 7) is 1.29. The number of carbonyl (C=O) groups is 1. The zero-order chi connectivity index (χ0) is 11.9. The summed E-state index contributed by atoms with van der Waals surface area (Å²) < 4.78 is 1.72. The van der Waals surface area contributed by atoms with Gasteiger partial charge in [0.05, 0.1) is 6.20 Å². The van der Waals surface area contributed by atoms with Crippen molar-refractivity contribution in [1.29, 1.82) is 0 Å². The molecule has 0 aliphatic rings. The van der Waals surface area contributed by atoms with Gasteiger partial charge in [0.2, 0.25) is 0 Å². The summed E-state index contributed by atoms with van der Waals surface area (Å²) in [5, 5.41) is 6.72. The maximum Gasteiger partial charge on any atom is 0.271 e. The molecule has 0 bridgehead atoms. The van der Waals surface area contributed by atoms with Gasteiger partial charge >= 0.3 is 0 Å². The topological polar surface area (TPSA) is 85.6 Å². The van der Waals surface area contributed by atoms with Crippen molar-refractivity contribution in [1.82, 2.24) is 30.0 Å². The van der Waals surface area contributed by atoms with Crippen molar-refractivity contribution in [2.45, 2.75) is 13.0 Å². The van der Waals surface area contributed by atoms with Gasteiger partial charge < -0.3 is 5.32 Å². The van der Waals surface area contributed by atoms with Crippen LogP contribution in [0.25, 0.3) is 0 Å². The van der Waals surface area contributed by atoms with Crippen LogP contribution in [0.3, 0.4) is 0 Å². The molecule has 2 aromatic rings. The molecule has 0 spiro atoms. The molecule has 2 aromatic heterocycles. The second-order valence-electron chi connectivity index (χ2n) is 3.36. The Morgan fingerprint density at radius 2 is 2.29 bits per heavy atom. The molecule has 17 heavy (non-hydrogen) atoms. The van der Waals surface area contributed by atoms with E-state index in [-0.39, 0.29) is 5.91 Å². The van der Waals surface area contributed by atoms with Gasteiger partial charge in [-0.15, -0.1) is 0 Å². The van der Waals surface area contributed by atoms with Crippen LogP contribution in [0.4, 0.5) is 0 Å². The zero-order valence-corrected chi connectivity index (χ0v) is 9.15. The predicted molar refractivity (Wildman–Crippen MR) is 59.0 cm³/mol. The Morgan fingerprint density at radius 3 is 3.00 bits per heavy atom. The van der Waals surface area contributed by atoms with E-state index in [1.165, 1.54) is 24.9 Å². The van der Waals surface area contributed by atoms with E-state index in [9.17, 15) is 4.79 Å². The molecule has 0 aromatic carbocycles. The number of nitrogens with zero attached hydrogens (tertiary/aromatic N) is 5. The van der Waals surface area contributed by atoms with E-state index in [1.807, 2.05) is 0 Å². The van der Waals surface area contributed by atoms with Crippen LogP contribution in [0.1, 0.15) is 16.9 Å². The lowest BCUT2D eigenvalue weighted by atomic mass is 10.4. The fraction of sp³-hybridized carbons (Fsp3) is 0.300. The van der Waals surface area contributed by atoms with Crippen molar-refractivity contribution in [2.24, 2.45) is 0 Å². The van der Waals surface area contributed by atoms with Gasteiger partial charge in [-0.05, 0) is 6.42 Å². The van der Waals surface area contributed by atoms with Crippen LogP contribution in [0.5, 0.6) is 0 Å². The number of nitrogens with one attached hydrogen (secondary N) is 1. The minimum absolute atomic E-state index is 0.211. The van der Waals surface area contributed by atoms with Gasteiger partial charge in [-0.2, -0.15) is 5.10 Å². The summed E-state index contributed by atoms with van der Waals surface area (Å²) in [5.74, 6) is -0.211. The fourth-order valence-electron chi connectivity index (χ4n) is 1.30. The molecule has 0 unspecified atom stereocenters. The molecule has 2 heterocycles. The molecule has 7 heteroatoms. The Hall–Kier alpha value is -2.31. The van der Waals surface area contributed by atoms with Crippen molar-refractivity contribution in [3.8, 4) is 0 Å². The minimum Gasteiger partial charge on any atom is -0.351 e. The average Bonchev–Trinajstić information content (AvgIpc) is 2.88. The first-order valence-corrected chi connectivity index (χ1v) is 5.23. The predicted octanol–water partition coefficient (Wildman–Crippen LogP) is -0.112. The Balaban J connectivity index is 1.70. The third-order valence-corrected chi connectivity index (χ3v) is 2.11. The highest BCUT2D eigenvalue weighted by Crippen LogP contribution is 1.91. The maximum atomic E-state index is 11.6. The maximum absolute atomic E-state index is 11.6. The van der Waals surface area contributed by atoms with E-state index >= 15 is 0 Å². The summed E-state index contributed by atoms with van der Waals surface area (Å²) >= 11 is 0. The van der Waals surface area contributed by atoms with Gasteiger partial charge in [-0.1, -0.05) is 0 Å². The normalized spacial score (nSPS) is 10.1. The molecule has 0 aliphatic heterocycles. The van der Waals surface area contributed by atoms with Crippen molar-refractivity contribution < 1.29 is 4.79 Å². The monoisotopic (exact) mass is 232 g/mol. The number of hydrogen-bond donors (Lipinski definition) is 1. The largest absolute Gasteiger partial charge is 0.351 e. The van der Waals surface area contributed by atoms with Crippen molar-refractivity contribution in [2.75, 3.05) is 6.54 Å². The molecule has 0 aliphatic carbocycles. The van der Waals surface area contributed by atoms with Crippen LogP contribution in [0.2, 0.25) is 0 Å². The van der Waals surface area contributed by atoms with Crippen LogP contribution < -0.4 is 5.32 Å². The standard InChI is InChI=1S/C10H12N6O/c17-10(9-6-11-3-4-13-9)14-2-1-5-16-8-12-7-15-16/h3-4,6-8H,1-2,5H2,(H,14,17). The van der Waals surface area contributed by atoms with Crippen LogP contribution in [0, 0.1) is 0 Å². The van der Waals surface area contributed by atoms with Gasteiger partial charge in [0.15, 0.2) is 0 Å². The molecule has 1 N–H and O–H groups in total. The number of hydrogen-bond acceptors (Lipinski definition) is 5. The lowest BCUT2D eigenvalue weighted by Gasteiger charge is -2.03. The van der Waals surface area contributed by atoms with Crippen molar-refractivity contribution in [3.63, 3.8) is 0 Å². The van der Waals surface area contributed by atoms with E-state index in [0.29, 0.717) is 12.2 Å². The van der Waals surface area contributed by atoms with Crippen molar-refractivity contribution in [3.05, 3.63) is 36.9 Å². The lowest BCUT2D eigenvalue weighted by Crippen LogP contribution is -2.26. The first-order chi connectivity index (χ1) is 8.36. The van der Waals surface area contributed by atoms with E-state index in [4.69, 9.17) is 0 Å². The zero-order valence-electron chi connectivity index (χ0n) is 9.15. The molecule has 1 amide bonds. The summed E-state index contributed by atoms with van der Waals surface area (Å²) in [4.78, 5) is 23.1. The van der Waals surface area contributed by atoms with Crippen LogP contribution >= 0.6 is 0 Å². The molecule has 0 saturated heterocycles. The Labute approximate surface area is 97.9 Å². The van der Waals surface area contributed by atoms with Crippen molar-refractivity contribution >= 4 is 5.91 Å². The number of rotatable bonds is 5. The molecule has 0 saturated carbocycles. The summed E-state index contributed by atoms with van der Waals surface area (Å²) in [5.41, 5.74) is 0.327. The molecular formula is C10H12N6O. The Bertz CT molecular complexity index is 455. The molecular weight excluding hydrogens is 220 g/mol. The minimum atomic E-state index is -0.211. The fourth-order valence-corrected chi connectivity index (χ4v) is 1.30. The highest BCUT2D eigenvalue weighted by molar-refractivity contribution is 5.91. The summed E-state index contributed by atoms with van der Waals surface area (Å²) in [6, 6.07) is 0. The van der Waals surface area contributed by atoms with Crippen LogP contribution in [0.15, 0.2) is 31.2 Å². The Kier molecular flexibility index (Phi) is 3.74. The van der Waals surface area contributed by atoms with E-state index in [0.717, 1.165) is 13.0 Å². The molecule has 0 fully saturated rings.